The van der Waals surface area contributed by atoms with Crippen molar-refractivity contribution in [2.45, 2.75) is 12.5 Å². The lowest BCUT2D eigenvalue weighted by molar-refractivity contribution is 0.101. The summed E-state index contributed by atoms with van der Waals surface area (Å²) in [4.78, 5) is 0. The van der Waals surface area contributed by atoms with Crippen LogP contribution in [0.1, 0.15) is 17.5 Å². The van der Waals surface area contributed by atoms with E-state index in [0.717, 1.165) is 13.0 Å². The number of hydrogen-bond donors (Lipinski definition) is 1. The minimum Gasteiger partial charge on any atom is -0.396 e. The van der Waals surface area contributed by atoms with Crippen LogP contribution >= 0.6 is 0 Å². The predicted molar refractivity (Wildman–Crippen MR) is 94.3 cm³/mol. The Morgan fingerprint density at radius 2 is 1.58 bits per heavy atom. The summed E-state index contributed by atoms with van der Waals surface area (Å²) in [5, 5.41) is 9.97. The zero-order chi connectivity index (χ0) is 16.1. The van der Waals surface area contributed by atoms with Crippen molar-refractivity contribution in [3.8, 4) is 0 Å². The summed E-state index contributed by atoms with van der Waals surface area (Å²) in [7, 11) is 0. The van der Waals surface area contributed by atoms with Crippen LogP contribution in [0.25, 0.3) is 5.57 Å². The largest absolute Gasteiger partial charge is 0.396 e. The maximum Gasteiger partial charge on any atom is 0.0650 e. The van der Waals surface area contributed by atoms with Gasteiger partial charge in [0, 0.05) is 12.5 Å². The van der Waals surface area contributed by atoms with E-state index in [-0.39, 0.29) is 6.61 Å². The van der Waals surface area contributed by atoms with Gasteiger partial charge < -0.3 is 9.84 Å². The first kappa shape index (κ1) is 14.4. The van der Waals surface area contributed by atoms with Crippen LogP contribution in [0.2, 0.25) is 0 Å². The molecule has 24 heavy (non-hydrogen) atoms. The molecule has 2 heteroatoms. The molecule has 1 N–H and O–H groups in total. The topological polar surface area (TPSA) is 29.5 Å². The maximum atomic E-state index is 9.97. The van der Waals surface area contributed by atoms with E-state index in [9.17, 15) is 5.11 Å². The Kier molecular flexibility index (Phi) is 3.36. The van der Waals surface area contributed by atoms with E-state index in [0.29, 0.717) is 29.8 Å². The van der Waals surface area contributed by atoms with Gasteiger partial charge in [0.15, 0.2) is 0 Å². The minimum absolute atomic E-state index is 0.280. The van der Waals surface area contributed by atoms with Crippen LogP contribution in [0.4, 0.5) is 0 Å². The lowest BCUT2D eigenvalue weighted by Crippen LogP contribution is -2.26. The zero-order valence-corrected chi connectivity index (χ0v) is 13.6. The number of benzene rings is 2. The molecule has 5 rings (SSSR count). The first-order valence-electron chi connectivity index (χ1n) is 8.96. The summed E-state index contributed by atoms with van der Waals surface area (Å²) in [5.74, 6) is 1.82. The Morgan fingerprint density at radius 3 is 2.17 bits per heavy atom. The van der Waals surface area contributed by atoms with E-state index in [1.807, 2.05) is 0 Å². The summed E-state index contributed by atoms with van der Waals surface area (Å²) in [5.41, 5.74) is 5.49. The standard InChI is InChI=1S/C22H22O2/c23-12-17-16-11-19-21(18(17)13-24-19)22(16)20(14-7-3-1-4-8-14)15-9-5-2-6-10-15/h1-10,16-19,21,23H,11-13H2/t16-,17-,18+,19-,21-/m1/s1. The zero-order valence-electron chi connectivity index (χ0n) is 13.6. The van der Waals surface area contributed by atoms with Crippen molar-refractivity contribution >= 4 is 5.57 Å². The average molecular weight is 318 g/mol. The molecule has 0 aromatic heterocycles. The molecular formula is C22H22O2. The number of aliphatic hydroxyl groups excluding tert-OH is 1. The molecule has 2 aromatic rings. The minimum atomic E-state index is 0.280. The fourth-order valence-corrected chi connectivity index (χ4v) is 5.41. The predicted octanol–water partition coefficient (Wildman–Crippen LogP) is 3.76. The van der Waals surface area contributed by atoms with Gasteiger partial charge in [-0.3, -0.25) is 0 Å². The molecule has 2 saturated carbocycles. The van der Waals surface area contributed by atoms with Crippen molar-refractivity contribution in [3.05, 3.63) is 77.4 Å². The number of rotatable bonds is 3. The third kappa shape index (κ3) is 1.96. The first-order valence-corrected chi connectivity index (χ1v) is 8.96. The highest BCUT2D eigenvalue weighted by Crippen LogP contribution is 2.62. The van der Waals surface area contributed by atoms with Crippen molar-refractivity contribution in [1.29, 1.82) is 0 Å². The molecule has 0 spiro atoms. The Hall–Kier alpha value is -1.90. The summed E-state index contributed by atoms with van der Waals surface area (Å²) < 4.78 is 6.07. The molecule has 2 bridgehead atoms. The molecular weight excluding hydrogens is 296 g/mol. The number of aliphatic hydroxyl groups is 1. The molecule has 0 radical (unpaired) electrons. The highest BCUT2D eigenvalue weighted by Gasteiger charge is 2.60. The molecule has 1 heterocycles. The van der Waals surface area contributed by atoms with Gasteiger partial charge in [-0.2, -0.15) is 0 Å². The van der Waals surface area contributed by atoms with Gasteiger partial charge >= 0.3 is 0 Å². The highest BCUT2D eigenvalue weighted by atomic mass is 16.5. The second-order valence-corrected chi connectivity index (χ2v) is 7.31. The van der Waals surface area contributed by atoms with E-state index < -0.39 is 0 Å². The Morgan fingerprint density at radius 1 is 0.958 bits per heavy atom. The van der Waals surface area contributed by atoms with Crippen molar-refractivity contribution in [2.75, 3.05) is 13.2 Å². The van der Waals surface area contributed by atoms with Crippen LogP contribution in [0, 0.1) is 23.7 Å². The van der Waals surface area contributed by atoms with Crippen molar-refractivity contribution in [1.82, 2.24) is 0 Å². The van der Waals surface area contributed by atoms with Crippen molar-refractivity contribution in [3.63, 3.8) is 0 Å². The van der Waals surface area contributed by atoms with Crippen LogP contribution in [0.5, 0.6) is 0 Å². The van der Waals surface area contributed by atoms with Gasteiger partial charge in [0.1, 0.15) is 0 Å². The smallest absolute Gasteiger partial charge is 0.0650 e. The van der Waals surface area contributed by atoms with Gasteiger partial charge in [-0.05, 0) is 40.9 Å². The first-order chi connectivity index (χ1) is 11.9. The van der Waals surface area contributed by atoms with E-state index >= 15 is 0 Å². The van der Waals surface area contributed by atoms with Crippen molar-refractivity contribution in [2.24, 2.45) is 23.7 Å². The number of fused-ring (bicyclic) bond motifs is 1. The lowest BCUT2D eigenvalue weighted by Gasteiger charge is -2.23. The molecule has 1 aliphatic heterocycles. The molecule has 3 fully saturated rings. The van der Waals surface area contributed by atoms with Crippen molar-refractivity contribution < 1.29 is 9.84 Å². The van der Waals surface area contributed by atoms with E-state index in [1.54, 1.807) is 5.57 Å². The molecule has 122 valence electrons. The normalized spacial score (nSPS) is 33.2. The van der Waals surface area contributed by atoms with Gasteiger partial charge in [0.25, 0.3) is 0 Å². The SMILES string of the molecule is OC[C@H]1[C@@H]2CO[C@@H]3C[C@H]1C(=C(c1ccccc1)c1ccccc1)[C@H]23. The van der Waals surface area contributed by atoms with Crippen LogP contribution < -0.4 is 0 Å². The molecule has 1 saturated heterocycles. The molecule has 0 unspecified atom stereocenters. The van der Waals surface area contributed by atoms with E-state index in [2.05, 4.69) is 60.7 Å². The Balaban J connectivity index is 1.74. The molecule has 3 aliphatic rings. The fraction of sp³-hybridized carbons (Fsp3) is 0.364. The summed E-state index contributed by atoms with van der Waals surface area (Å²) in [6.07, 6.45) is 1.44. The van der Waals surface area contributed by atoms with Gasteiger partial charge in [0.05, 0.1) is 12.7 Å². The van der Waals surface area contributed by atoms with Gasteiger partial charge in [-0.15, -0.1) is 0 Å². The summed E-state index contributed by atoms with van der Waals surface area (Å²) in [6.45, 7) is 1.10. The summed E-state index contributed by atoms with van der Waals surface area (Å²) >= 11 is 0. The Labute approximate surface area is 142 Å². The third-order valence-corrected chi connectivity index (χ3v) is 6.30. The quantitative estimate of drug-likeness (QED) is 0.933. The van der Waals surface area contributed by atoms with E-state index in [4.69, 9.17) is 4.74 Å². The maximum absolute atomic E-state index is 9.97. The molecule has 0 amide bonds. The van der Waals surface area contributed by atoms with Crippen LogP contribution in [0.15, 0.2) is 66.2 Å². The molecule has 2 nitrogen and oxygen atoms in total. The number of hydrogen-bond acceptors (Lipinski definition) is 2. The molecule has 2 aromatic carbocycles. The van der Waals surface area contributed by atoms with E-state index in [1.165, 1.54) is 16.7 Å². The van der Waals surface area contributed by atoms with Crippen LogP contribution in [-0.4, -0.2) is 24.4 Å². The average Bonchev–Trinajstić information content (AvgIpc) is 3.24. The Bertz CT molecular complexity index is 724. The molecule has 5 atom stereocenters. The number of ether oxygens (including phenoxy) is 1. The monoisotopic (exact) mass is 318 g/mol. The van der Waals surface area contributed by atoms with Gasteiger partial charge in [0.2, 0.25) is 0 Å². The fourth-order valence-electron chi connectivity index (χ4n) is 5.41. The summed E-state index contributed by atoms with van der Waals surface area (Å²) in [6, 6.07) is 21.5. The third-order valence-electron chi connectivity index (χ3n) is 6.30. The van der Waals surface area contributed by atoms with Crippen LogP contribution in [0.3, 0.4) is 0 Å². The highest BCUT2D eigenvalue weighted by molar-refractivity contribution is 5.83. The van der Waals surface area contributed by atoms with Gasteiger partial charge in [-0.1, -0.05) is 66.2 Å². The molecule has 2 aliphatic carbocycles. The van der Waals surface area contributed by atoms with Crippen LogP contribution in [-0.2, 0) is 4.74 Å². The second kappa shape index (κ2) is 5.58. The van der Waals surface area contributed by atoms with Gasteiger partial charge in [-0.25, -0.2) is 0 Å². The second-order valence-electron chi connectivity index (χ2n) is 7.31. The lowest BCUT2D eigenvalue weighted by atomic mass is 9.81.